The fraction of sp³-hybridized carbons (Fsp3) is 0.161. The summed E-state index contributed by atoms with van der Waals surface area (Å²) < 4.78 is 6.89. The highest BCUT2D eigenvalue weighted by atomic mass is 16.5. The molecule has 0 saturated carbocycles. The van der Waals surface area contributed by atoms with Crippen LogP contribution in [0.3, 0.4) is 0 Å². The Hall–Kier alpha value is -5.18. The molecular formula is C31H29N5O4. The third kappa shape index (κ3) is 5.22. The van der Waals surface area contributed by atoms with E-state index in [1.165, 1.54) is 28.4 Å². The van der Waals surface area contributed by atoms with E-state index in [1.54, 1.807) is 59.3 Å². The zero-order valence-corrected chi connectivity index (χ0v) is 22.5. The molecule has 40 heavy (non-hydrogen) atoms. The van der Waals surface area contributed by atoms with Crippen LogP contribution >= 0.6 is 0 Å². The number of hydrogen-bond donors (Lipinski definition) is 0. The van der Waals surface area contributed by atoms with Crippen molar-refractivity contribution in [2.75, 3.05) is 23.5 Å². The molecule has 9 nitrogen and oxygen atoms in total. The molecule has 0 fully saturated rings. The minimum absolute atomic E-state index is 0.106. The van der Waals surface area contributed by atoms with Crippen molar-refractivity contribution in [3.8, 4) is 5.75 Å². The molecule has 4 aromatic rings. The van der Waals surface area contributed by atoms with Crippen molar-refractivity contribution in [2.45, 2.75) is 19.9 Å². The number of fused-ring (bicyclic) bond motifs is 1. The first-order chi connectivity index (χ1) is 19.4. The number of carbonyl (C=O) groups is 3. The van der Waals surface area contributed by atoms with E-state index < -0.39 is 11.8 Å². The lowest BCUT2D eigenvalue weighted by Gasteiger charge is -2.29. The fourth-order valence-corrected chi connectivity index (χ4v) is 4.60. The van der Waals surface area contributed by atoms with Gasteiger partial charge in [0.15, 0.2) is 0 Å². The van der Waals surface area contributed by atoms with Crippen molar-refractivity contribution >= 4 is 46.3 Å². The van der Waals surface area contributed by atoms with E-state index in [4.69, 9.17) is 4.74 Å². The molecule has 0 bridgehead atoms. The van der Waals surface area contributed by atoms with Gasteiger partial charge in [0.1, 0.15) is 17.9 Å². The van der Waals surface area contributed by atoms with Crippen LogP contribution in [-0.4, -0.2) is 51.9 Å². The van der Waals surface area contributed by atoms with Gasteiger partial charge in [-0.2, -0.15) is 0 Å². The second-order valence-corrected chi connectivity index (χ2v) is 9.48. The van der Waals surface area contributed by atoms with Gasteiger partial charge in [-0.15, -0.1) is 0 Å². The number of nitrogens with zero attached hydrogens (tertiary/aromatic N) is 5. The van der Waals surface area contributed by atoms with E-state index in [1.807, 2.05) is 56.3 Å². The molecule has 3 aromatic carbocycles. The summed E-state index contributed by atoms with van der Waals surface area (Å²) in [6.07, 6.45) is 6.03. The van der Waals surface area contributed by atoms with Gasteiger partial charge in [-0.3, -0.25) is 19.3 Å². The average Bonchev–Trinajstić information content (AvgIpc) is 3.34. The van der Waals surface area contributed by atoms with Gasteiger partial charge in [0.2, 0.25) is 5.91 Å². The molecule has 0 atom stereocenters. The predicted octanol–water partition coefficient (Wildman–Crippen LogP) is 4.67. The zero-order valence-electron chi connectivity index (χ0n) is 22.5. The number of aromatic nitrogens is 2. The van der Waals surface area contributed by atoms with Crippen molar-refractivity contribution < 1.29 is 19.1 Å². The number of ether oxygens (including phenoxy) is 1. The first-order valence-corrected chi connectivity index (χ1v) is 12.8. The minimum Gasteiger partial charge on any atom is -0.497 e. The summed E-state index contributed by atoms with van der Waals surface area (Å²) in [6.45, 7) is 3.54. The number of methoxy groups -OCH3 is 1. The Balaban J connectivity index is 1.52. The number of carbonyl (C=O) groups excluding carboxylic acids is 3. The van der Waals surface area contributed by atoms with Crippen molar-refractivity contribution in [1.29, 1.82) is 0 Å². The summed E-state index contributed by atoms with van der Waals surface area (Å²) in [5.74, 6) is -0.738. The second-order valence-electron chi connectivity index (χ2n) is 9.48. The third-order valence-corrected chi connectivity index (χ3v) is 6.56. The lowest BCUT2D eigenvalue weighted by atomic mass is 10.2. The van der Waals surface area contributed by atoms with Crippen LogP contribution < -0.4 is 14.5 Å². The molecule has 1 aliphatic heterocycles. The summed E-state index contributed by atoms with van der Waals surface area (Å²) in [7, 11) is 1.58. The second kappa shape index (κ2) is 11.3. The van der Waals surface area contributed by atoms with Crippen LogP contribution in [0.1, 0.15) is 13.8 Å². The maximum absolute atomic E-state index is 13.9. The zero-order chi connectivity index (χ0) is 28.2. The molecule has 9 heteroatoms. The van der Waals surface area contributed by atoms with Gasteiger partial charge in [-0.1, -0.05) is 30.3 Å². The highest BCUT2D eigenvalue weighted by Crippen LogP contribution is 2.25. The average molecular weight is 536 g/mol. The smallest absolute Gasteiger partial charge is 0.269 e. The van der Waals surface area contributed by atoms with E-state index in [0.29, 0.717) is 17.1 Å². The molecule has 0 spiro atoms. The standard InChI is InChI=1S/C31H29N5O4/c1-22(2)36(24-13-15-25(40-3)16-14-24)29(37)20-33-17-18-35(23-9-5-4-6-10-23)31(39)26(30(33)38)19-34-21-32-27-11-7-8-12-28(27)34/h4-19,21-22H,20H2,1-3H3. The Kier molecular flexibility index (Phi) is 7.46. The van der Waals surface area contributed by atoms with E-state index in [9.17, 15) is 14.4 Å². The minimum atomic E-state index is -0.593. The lowest BCUT2D eigenvalue weighted by molar-refractivity contribution is -0.131. The molecule has 0 N–H and O–H groups in total. The van der Waals surface area contributed by atoms with Gasteiger partial charge in [0.05, 0.1) is 24.5 Å². The molecular weight excluding hydrogens is 506 g/mol. The number of rotatable bonds is 7. The van der Waals surface area contributed by atoms with Gasteiger partial charge in [-0.25, -0.2) is 4.98 Å². The number of para-hydroxylation sites is 3. The van der Waals surface area contributed by atoms with Crippen LogP contribution in [0, 0.1) is 0 Å². The van der Waals surface area contributed by atoms with Crippen LogP contribution in [0.15, 0.2) is 103 Å². The van der Waals surface area contributed by atoms with E-state index >= 15 is 0 Å². The van der Waals surface area contributed by atoms with E-state index in [-0.39, 0.29) is 24.1 Å². The summed E-state index contributed by atoms with van der Waals surface area (Å²) in [4.78, 5) is 50.0. The third-order valence-electron chi connectivity index (χ3n) is 6.56. The molecule has 1 aromatic heterocycles. The normalized spacial score (nSPS) is 14.8. The van der Waals surface area contributed by atoms with Gasteiger partial charge >= 0.3 is 0 Å². The van der Waals surface area contributed by atoms with Gasteiger partial charge in [-0.05, 0) is 62.4 Å². The Morgan fingerprint density at radius 2 is 1.62 bits per heavy atom. The molecule has 5 rings (SSSR count). The number of hydrogen-bond acceptors (Lipinski definition) is 5. The van der Waals surface area contributed by atoms with Crippen molar-refractivity contribution in [3.05, 3.63) is 103 Å². The van der Waals surface area contributed by atoms with Gasteiger partial charge in [0.25, 0.3) is 11.8 Å². The van der Waals surface area contributed by atoms with Gasteiger partial charge in [0, 0.05) is 36.0 Å². The summed E-state index contributed by atoms with van der Waals surface area (Å²) in [5.41, 5.74) is 2.63. The van der Waals surface area contributed by atoms with Crippen LogP contribution in [0.25, 0.3) is 17.2 Å². The monoisotopic (exact) mass is 535 g/mol. The Morgan fingerprint density at radius 1 is 0.925 bits per heavy atom. The van der Waals surface area contributed by atoms with Crippen molar-refractivity contribution in [3.63, 3.8) is 0 Å². The SMILES string of the molecule is COc1ccc(N(C(=O)CN2C=CN(c3ccccc3)C(=O)C(=Cn3cnc4ccccc43)C2=O)C(C)C)cc1. The molecule has 1 aliphatic rings. The Bertz CT molecular complexity index is 1610. The summed E-state index contributed by atoms with van der Waals surface area (Å²) in [6, 6.07) is 23.4. The number of amides is 3. The molecule has 0 aliphatic carbocycles. The van der Waals surface area contributed by atoms with E-state index in [2.05, 4.69) is 4.98 Å². The van der Waals surface area contributed by atoms with Gasteiger partial charge < -0.3 is 19.1 Å². The highest BCUT2D eigenvalue weighted by molar-refractivity contribution is 6.27. The van der Waals surface area contributed by atoms with Crippen LogP contribution in [0.5, 0.6) is 5.75 Å². The lowest BCUT2D eigenvalue weighted by Crippen LogP contribution is -2.44. The first kappa shape index (κ1) is 26.4. The maximum Gasteiger partial charge on any atom is 0.269 e. The van der Waals surface area contributed by atoms with Crippen LogP contribution in [0.4, 0.5) is 11.4 Å². The highest BCUT2D eigenvalue weighted by Gasteiger charge is 2.33. The topological polar surface area (TPSA) is 88.0 Å². The molecule has 0 unspecified atom stereocenters. The largest absolute Gasteiger partial charge is 0.497 e. The number of anilines is 2. The number of benzene rings is 3. The van der Waals surface area contributed by atoms with Crippen molar-refractivity contribution in [2.24, 2.45) is 0 Å². The van der Waals surface area contributed by atoms with Crippen molar-refractivity contribution in [1.82, 2.24) is 14.5 Å². The summed E-state index contributed by atoms with van der Waals surface area (Å²) in [5, 5.41) is 0. The molecule has 3 amide bonds. The molecule has 0 saturated heterocycles. The molecule has 0 radical (unpaired) electrons. The Labute approximate surface area is 232 Å². The first-order valence-electron chi connectivity index (χ1n) is 12.8. The number of imidazole rings is 1. The van der Waals surface area contributed by atoms with Crippen LogP contribution in [0.2, 0.25) is 0 Å². The van der Waals surface area contributed by atoms with Crippen LogP contribution in [-0.2, 0) is 14.4 Å². The summed E-state index contributed by atoms with van der Waals surface area (Å²) >= 11 is 0. The quantitative estimate of drug-likeness (QED) is 0.253. The predicted molar refractivity (Wildman–Crippen MR) is 154 cm³/mol. The molecule has 202 valence electrons. The molecule has 2 heterocycles. The van der Waals surface area contributed by atoms with E-state index in [0.717, 1.165) is 11.0 Å². The maximum atomic E-state index is 13.9. The Morgan fingerprint density at radius 3 is 2.33 bits per heavy atom. The fourth-order valence-electron chi connectivity index (χ4n) is 4.60.